The molecule has 2 atom stereocenters. The highest BCUT2D eigenvalue weighted by Crippen LogP contribution is 2.35. The number of thiophene rings is 1. The predicted molar refractivity (Wildman–Crippen MR) is 83.0 cm³/mol. The molecular weight excluding hydrogens is 254 g/mol. The van der Waals surface area contributed by atoms with E-state index >= 15 is 0 Å². The van der Waals surface area contributed by atoms with Crippen LogP contribution in [0.1, 0.15) is 62.8 Å². The average Bonchev–Trinajstić information content (AvgIpc) is 2.99. The highest BCUT2D eigenvalue weighted by Gasteiger charge is 2.29. The molecule has 0 radical (unpaired) electrons. The van der Waals surface area contributed by atoms with Crippen LogP contribution < -0.4 is 5.32 Å². The van der Waals surface area contributed by atoms with Gasteiger partial charge in [-0.2, -0.15) is 0 Å². The summed E-state index contributed by atoms with van der Waals surface area (Å²) in [6.45, 7) is 11.0. The molecule has 1 fully saturated rings. The van der Waals surface area contributed by atoms with Gasteiger partial charge in [-0.05, 0) is 43.4 Å². The standard InChI is InChI=1S/C16H27NOS/c1-5-10-17-15(12-7-6-11-18-12)13-8-9-14(19-13)16(2,3)4/h8-9,12,15,17H,5-7,10-11H2,1-4H3. The number of ether oxygens (including phenoxy) is 1. The van der Waals surface area contributed by atoms with Crippen LogP contribution in [0.4, 0.5) is 0 Å². The van der Waals surface area contributed by atoms with Crippen LogP contribution in [0.2, 0.25) is 0 Å². The number of hydrogen-bond acceptors (Lipinski definition) is 3. The molecule has 1 aromatic heterocycles. The molecule has 2 heterocycles. The van der Waals surface area contributed by atoms with E-state index in [-0.39, 0.29) is 5.41 Å². The van der Waals surface area contributed by atoms with Crippen LogP contribution in [0, 0.1) is 0 Å². The van der Waals surface area contributed by atoms with Gasteiger partial charge < -0.3 is 10.1 Å². The van der Waals surface area contributed by atoms with Crippen molar-refractivity contribution in [3.8, 4) is 0 Å². The topological polar surface area (TPSA) is 21.3 Å². The number of nitrogens with one attached hydrogen (secondary N) is 1. The lowest BCUT2D eigenvalue weighted by atomic mass is 9.95. The smallest absolute Gasteiger partial charge is 0.0778 e. The molecule has 3 heteroatoms. The summed E-state index contributed by atoms with van der Waals surface area (Å²) in [5.74, 6) is 0. The fourth-order valence-corrected chi connectivity index (χ4v) is 3.70. The van der Waals surface area contributed by atoms with Gasteiger partial charge in [0.2, 0.25) is 0 Å². The first-order valence-electron chi connectivity index (χ1n) is 7.47. The molecule has 1 aromatic rings. The lowest BCUT2D eigenvalue weighted by Gasteiger charge is -2.23. The van der Waals surface area contributed by atoms with Crippen LogP contribution in [-0.4, -0.2) is 19.3 Å². The van der Waals surface area contributed by atoms with Gasteiger partial charge in [-0.25, -0.2) is 0 Å². The van der Waals surface area contributed by atoms with Crippen LogP contribution >= 0.6 is 11.3 Å². The van der Waals surface area contributed by atoms with Crippen molar-refractivity contribution < 1.29 is 4.74 Å². The summed E-state index contributed by atoms with van der Waals surface area (Å²) in [6, 6.07) is 4.96. The monoisotopic (exact) mass is 281 g/mol. The summed E-state index contributed by atoms with van der Waals surface area (Å²) in [5, 5.41) is 3.68. The zero-order valence-electron chi connectivity index (χ0n) is 12.7. The summed E-state index contributed by atoms with van der Waals surface area (Å²) < 4.78 is 5.91. The maximum Gasteiger partial charge on any atom is 0.0778 e. The van der Waals surface area contributed by atoms with Crippen molar-refractivity contribution in [2.75, 3.05) is 13.2 Å². The Hall–Kier alpha value is -0.380. The van der Waals surface area contributed by atoms with E-state index in [0.717, 1.165) is 13.2 Å². The number of hydrogen-bond donors (Lipinski definition) is 1. The van der Waals surface area contributed by atoms with E-state index in [4.69, 9.17) is 4.74 Å². The minimum Gasteiger partial charge on any atom is -0.376 e. The minimum absolute atomic E-state index is 0.245. The molecule has 0 aromatic carbocycles. The highest BCUT2D eigenvalue weighted by molar-refractivity contribution is 7.12. The molecule has 1 aliphatic heterocycles. The van der Waals surface area contributed by atoms with Gasteiger partial charge in [-0.3, -0.25) is 0 Å². The van der Waals surface area contributed by atoms with Crippen molar-refractivity contribution in [1.29, 1.82) is 0 Å². The Morgan fingerprint density at radius 1 is 1.42 bits per heavy atom. The van der Waals surface area contributed by atoms with E-state index in [1.54, 1.807) is 0 Å². The second-order valence-electron chi connectivity index (χ2n) is 6.44. The molecule has 0 spiro atoms. The highest BCUT2D eigenvalue weighted by atomic mass is 32.1. The van der Waals surface area contributed by atoms with E-state index in [1.165, 1.54) is 29.0 Å². The van der Waals surface area contributed by atoms with Gasteiger partial charge in [0.25, 0.3) is 0 Å². The first-order valence-corrected chi connectivity index (χ1v) is 8.29. The van der Waals surface area contributed by atoms with E-state index in [0.29, 0.717) is 12.1 Å². The largest absolute Gasteiger partial charge is 0.376 e. The van der Waals surface area contributed by atoms with Crippen LogP contribution in [0.15, 0.2) is 12.1 Å². The fraction of sp³-hybridized carbons (Fsp3) is 0.750. The molecule has 1 aliphatic rings. The van der Waals surface area contributed by atoms with Crippen molar-refractivity contribution in [3.63, 3.8) is 0 Å². The second-order valence-corrected chi connectivity index (χ2v) is 7.55. The van der Waals surface area contributed by atoms with Crippen molar-refractivity contribution in [2.24, 2.45) is 0 Å². The van der Waals surface area contributed by atoms with Crippen LogP contribution in [0.25, 0.3) is 0 Å². The van der Waals surface area contributed by atoms with Crippen molar-refractivity contribution >= 4 is 11.3 Å². The Morgan fingerprint density at radius 2 is 2.21 bits per heavy atom. The zero-order valence-corrected chi connectivity index (χ0v) is 13.5. The predicted octanol–water partition coefficient (Wildman–Crippen LogP) is 4.27. The summed E-state index contributed by atoms with van der Waals surface area (Å²) >= 11 is 1.94. The Kier molecular flexibility index (Phi) is 5.04. The molecular formula is C16H27NOS. The molecule has 1 N–H and O–H groups in total. The van der Waals surface area contributed by atoms with Crippen LogP contribution in [-0.2, 0) is 10.2 Å². The first-order chi connectivity index (χ1) is 9.02. The number of rotatable bonds is 5. The van der Waals surface area contributed by atoms with E-state index < -0.39 is 0 Å². The first kappa shape index (κ1) is 15.0. The fourth-order valence-electron chi connectivity index (χ4n) is 2.50. The van der Waals surface area contributed by atoms with Gasteiger partial charge >= 0.3 is 0 Å². The maximum absolute atomic E-state index is 5.91. The SMILES string of the molecule is CCCNC(c1ccc(C(C)(C)C)s1)C1CCCO1. The third kappa shape index (κ3) is 3.80. The van der Waals surface area contributed by atoms with Gasteiger partial charge in [-0.15, -0.1) is 11.3 Å². The van der Waals surface area contributed by atoms with Gasteiger partial charge in [0, 0.05) is 16.4 Å². The summed E-state index contributed by atoms with van der Waals surface area (Å²) in [6.07, 6.45) is 3.91. The average molecular weight is 281 g/mol. The van der Waals surface area contributed by atoms with Gasteiger partial charge in [0.1, 0.15) is 0 Å². The quantitative estimate of drug-likeness (QED) is 0.870. The van der Waals surface area contributed by atoms with Crippen LogP contribution in [0.5, 0.6) is 0 Å². The molecule has 108 valence electrons. The lowest BCUT2D eigenvalue weighted by Crippen LogP contribution is -2.31. The van der Waals surface area contributed by atoms with E-state index in [1.807, 2.05) is 11.3 Å². The van der Waals surface area contributed by atoms with Crippen LogP contribution in [0.3, 0.4) is 0 Å². The minimum atomic E-state index is 0.245. The molecule has 2 rings (SSSR count). The Labute approximate surface area is 121 Å². The summed E-state index contributed by atoms with van der Waals surface area (Å²) in [5.41, 5.74) is 0.245. The molecule has 0 aliphatic carbocycles. The normalized spacial score (nSPS) is 21.8. The Morgan fingerprint density at radius 3 is 2.74 bits per heavy atom. The van der Waals surface area contributed by atoms with Gasteiger partial charge in [-0.1, -0.05) is 27.7 Å². The summed E-state index contributed by atoms with van der Waals surface area (Å²) in [7, 11) is 0. The van der Waals surface area contributed by atoms with E-state index in [9.17, 15) is 0 Å². The molecule has 0 bridgehead atoms. The second kappa shape index (κ2) is 6.38. The third-order valence-corrected chi connectivity index (χ3v) is 5.22. The molecule has 0 amide bonds. The van der Waals surface area contributed by atoms with Crippen molar-refractivity contribution in [1.82, 2.24) is 5.32 Å². The lowest BCUT2D eigenvalue weighted by molar-refractivity contribution is 0.0793. The van der Waals surface area contributed by atoms with Gasteiger partial charge in [0.15, 0.2) is 0 Å². The van der Waals surface area contributed by atoms with Crippen molar-refractivity contribution in [2.45, 2.75) is 64.5 Å². The molecule has 0 saturated carbocycles. The maximum atomic E-state index is 5.91. The Balaban J connectivity index is 2.14. The van der Waals surface area contributed by atoms with E-state index in [2.05, 4.69) is 45.1 Å². The van der Waals surface area contributed by atoms with Gasteiger partial charge in [0.05, 0.1) is 12.1 Å². The molecule has 19 heavy (non-hydrogen) atoms. The molecule has 2 unspecified atom stereocenters. The molecule has 2 nitrogen and oxygen atoms in total. The third-order valence-electron chi connectivity index (χ3n) is 3.62. The summed E-state index contributed by atoms with van der Waals surface area (Å²) in [4.78, 5) is 2.90. The zero-order chi connectivity index (χ0) is 13.9. The Bertz CT molecular complexity index is 388. The molecule has 1 saturated heterocycles. The van der Waals surface area contributed by atoms with Crippen molar-refractivity contribution in [3.05, 3.63) is 21.9 Å².